The number of piperidine rings is 1. The first kappa shape index (κ1) is 12.3. The molecule has 0 aromatic carbocycles. The molecule has 0 amide bonds. The van der Waals surface area contributed by atoms with E-state index in [1.165, 1.54) is 25.8 Å². The van der Waals surface area contributed by atoms with E-state index in [2.05, 4.69) is 16.8 Å². The Labute approximate surface area is 102 Å². The van der Waals surface area contributed by atoms with Gasteiger partial charge < -0.3 is 14.1 Å². The maximum absolute atomic E-state index is 10.4. The van der Waals surface area contributed by atoms with Crippen LogP contribution in [0.1, 0.15) is 37.8 Å². The number of hydrogen-bond donors (Lipinski definition) is 0. The van der Waals surface area contributed by atoms with E-state index in [-0.39, 0.29) is 0 Å². The molecule has 1 atom stereocenters. The molecule has 0 N–H and O–H groups in total. The third-order valence-corrected chi connectivity index (χ3v) is 3.45. The van der Waals surface area contributed by atoms with Gasteiger partial charge in [0.15, 0.2) is 5.89 Å². The molecule has 2 heterocycles. The second-order valence-corrected chi connectivity index (χ2v) is 4.57. The molecule has 4 heteroatoms. The first-order valence-corrected chi connectivity index (χ1v) is 6.44. The Morgan fingerprint density at radius 1 is 1.59 bits per heavy atom. The lowest BCUT2D eigenvalue weighted by molar-refractivity contribution is -0.107. The molecule has 1 unspecified atom stereocenters. The first-order chi connectivity index (χ1) is 8.33. The smallest absolute Gasteiger partial charge is 0.195 e. The van der Waals surface area contributed by atoms with Crippen molar-refractivity contribution in [2.24, 2.45) is 0 Å². The summed E-state index contributed by atoms with van der Waals surface area (Å²) < 4.78 is 5.55. The lowest BCUT2D eigenvalue weighted by Crippen LogP contribution is -2.40. The summed E-state index contributed by atoms with van der Waals surface area (Å²) in [6, 6.07) is 0.552. The Hall–Kier alpha value is -1.16. The maximum atomic E-state index is 10.4. The highest BCUT2D eigenvalue weighted by Crippen LogP contribution is 2.20. The van der Waals surface area contributed by atoms with Crippen molar-refractivity contribution in [2.75, 3.05) is 13.1 Å². The highest BCUT2D eigenvalue weighted by Gasteiger charge is 2.22. The van der Waals surface area contributed by atoms with Gasteiger partial charge >= 0.3 is 0 Å². The number of rotatable bonds is 5. The Morgan fingerprint density at radius 3 is 3.24 bits per heavy atom. The molecule has 2 rings (SSSR count). The third-order valence-electron chi connectivity index (χ3n) is 3.45. The van der Waals surface area contributed by atoms with Gasteiger partial charge in [0.1, 0.15) is 12.0 Å². The van der Waals surface area contributed by atoms with Crippen LogP contribution in [0.2, 0.25) is 0 Å². The Morgan fingerprint density at radius 2 is 2.47 bits per heavy atom. The second-order valence-electron chi connectivity index (χ2n) is 4.57. The molecular weight excluding hydrogens is 216 g/mol. The maximum Gasteiger partial charge on any atom is 0.195 e. The molecule has 1 aromatic heterocycles. The van der Waals surface area contributed by atoms with Gasteiger partial charge in [0.25, 0.3) is 0 Å². The van der Waals surface area contributed by atoms with E-state index >= 15 is 0 Å². The monoisotopic (exact) mass is 236 g/mol. The topological polar surface area (TPSA) is 46.3 Å². The Balaban J connectivity index is 1.95. The molecule has 1 aromatic rings. The summed E-state index contributed by atoms with van der Waals surface area (Å²) in [5.74, 6) is 1.45. The second kappa shape index (κ2) is 5.96. The average molecular weight is 236 g/mol. The SMILES string of the molecule is CCN1CCCCC1Cc1ncc(CC=O)o1. The van der Waals surface area contributed by atoms with Gasteiger partial charge in [-0.15, -0.1) is 0 Å². The minimum absolute atomic E-state index is 0.329. The van der Waals surface area contributed by atoms with Crippen LogP contribution in [0.5, 0.6) is 0 Å². The van der Waals surface area contributed by atoms with E-state index in [4.69, 9.17) is 4.42 Å². The number of aromatic nitrogens is 1. The van der Waals surface area contributed by atoms with E-state index in [0.717, 1.165) is 25.1 Å². The van der Waals surface area contributed by atoms with E-state index in [0.29, 0.717) is 18.2 Å². The number of carbonyl (C=O) groups is 1. The first-order valence-electron chi connectivity index (χ1n) is 6.44. The Kier molecular flexibility index (Phi) is 4.31. The molecule has 4 nitrogen and oxygen atoms in total. The number of hydrogen-bond acceptors (Lipinski definition) is 4. The highest BCUT2D eigenvalue weighted by molar-refractivity contribution is 5.52. The quantitative estimate of drug-likeness (QED) is 0.732. The summed E-state index contributed by atoms with van der Waals surface area (Å²) in [5.41, 5.74) is 0. The predicted octanol–water partition coefficient (Wildman–Crippen LogP) is 1.83. The highest BCUT2D eigenvalue weighted by atomic mass is 16.4. The van der Waals surface area contributed by atoms with Crippen molar-refractivity contribution in [3.63, 3.8) is 0 Å². The zero-order valence-electron chi connectivity index (χ0n) is 10.4. The molecule has 94 valence electrons. The summed E-state index contributed by atoms with van der Waals surface area (Å²) in [6.07, 6.45) is 7.53. The van der Waals surface area contributed by atoms with Crippen LogP contribution in [0.15, 0.2) is 10.6 Å². The van der Waals surface area contributed by atoms with Crippen LogP contribution in [-0.2, 0) is 17.6 Å². The van der Waals surface area contributed by atoms with E-state index in [1.54, 1.807) is 6.20 Å². The van der Waals surface area contributed by atoms with Crippen molar-refractivity contribution in [2.45, 2.75) is 45.1 Å². The number of carbonyl (C=O) groups excluding carboxylic acids is 1. The van der Waals surface area contributed by atoms with Gasteiger partial charge in [0.05, 0.1) is 12.6 Å². The summed E-state index contributed by atoms with van der Waals surface area (Å²) >= 11 is 0. The van der Waals surface area contributed by atoms with Crippen LogP contribution in [0, 0.1) is 0 Å². The van der Waals surface area contributed by atoms with Crippen molar-refractivity contribution >= 4 is 6.29 Å². The van der Waals surface area contributed by atoms with Crippen molar-refractivity contribution in [3.05, 3.63) is 17.8 Å². The minimum atomic E-state index is 0.329. The zero-order chi connectivity index (χ0) is 12.1. The molecule has 0 aliphatic carbocycles. The van der Waals surface area contributed by atoms with E-state index in [1.807, 2.05) is 0 Å². The number of likely N-dealkylation sites (N-methyl/N-ethyl adjacent to an activating group) is 1. The lowest BCUT2D eigenvalue weighted by Gasteiger charge is -2.34. The van der Waals surface area contributed by atoms with E-state index in [9.17, 15) is 4.79 Å². The number of aldehydes is 1. The van der Waals surface area contributed by atoms with Crippen molar-refractivity contribution in [1.29, 1.82) is 0 Å². The normalized spacial score (nSPS) is 21.6. The van der Waals surface area contributed by atoms with Crippen LogP contribution in [0.25, 0.3) is 0 Å². The molecule has 1 aliphatic rings. The fraction of sp³-hybridized carbons (Fsp3) is 0.692. The van der Waals surface area contributed by atoms with Gasteiger partial charge in [-0.1, -0.05) is 13.3 Å². The standard InChI is InChI=1S/C13H20N2O2/c1-2-15-7-4-3-5-11(15)9-13-14-10-12(17-13)6-8-16/h8,10-11H,2-7,9H2,1H3. The summed E-state index contributed by atoms with van der Waals surface area (Å²) in [7, 11) is 0. The fourth-order valence-corrected chi connectivity index (χ4v) is 2.53. The number of likely N-dealkylation sites (tertiary alicyclic amines) is 1. The minimum Gasteiger partial charge on any atom is -0.445 e. The molecular formula is C13H20N2O2. The zero-order valence-corrected chi connectivity index (χ0v) is 10.4. The third kappa shape index (κ3) is 3.16. The summed E-state index contributed by atoms with van der Waals surface area (Å²) in [4.78, 5) is 17.1. The fourth-order valence-electron chi connectivity index (χ4n) is 2.53. The van der Waals surface area contributed by atoms with Gasteiger partial charge in [-0.2, -0.15) is 0 Å². The summed E-state index contributed by atoms with van der Waals surface area (Å²) in [6.45, 7) is 4.47. The molecule has 1 fully saturated rings. The van der Waals surface area contributed by atoms with Crippen molar-refractivity contribution < 1.29 is 9.21 Å². The molecule has 0 saturated carbocycles. The molecule has 17 heavy (non-hydrogen) atoms. The largest absolute Gasteiger partial charge is 0.445 e. The average Bonchev–Trinajstić information content (AvgIpc) is 2.78. The van der Waals surface area contributed by atoms with Gasteiger partial charge in [-0.3, -0.25) is 0 Å². The van der Waals surface area contributed by atoms with Gasteiger partial charge in [-0.25, -0.2) is 4.98 Å². The number of oxazole rings is 1. The van der Waals surface area contributed by atoms with Crippen LogP contribution >= 0.6 is 0 Å². The van der Waals surface area contributed by atoms with Gasteiger partial charge in [0, 0.05) is 12.5 Å². The number of nitrogens with zero attached hydrogens (tertiary/aromatic N) is 2. The van der Waals surface area contributed by atoms with Gasteiger partial charge in [0.2, 0.25) is 0 Å². The van der Waals surface area contributed by atoms with Crippen molar-refractivity contribution in [1.82, 2.24) is 9.88 Å². The molecule has 0 spiro atoms. The van der Waals surface area contributed by atoms with Gasteiger partial charge in [-0.05, 0) is 25.9 Å². The summed E-state index contributed by atoms with van der Waals surface area (Å²) in [5, 5.41) is 0. The van der Waals surface area contributed by atoms with Crippen LogP contribution < -0.4 is 0 Å². The van der Waals surface area contributed by atoms with Crippen LogP contribution in [0.4, 0.5) is 0 Å². The van der Waals surface area contributed by atoms with Crippen molar-refractivity contribution in [3.8, 4) is 0 Å². The molecule has 0 radical (unpaired) electrons. The molecule has 1 saturated heterocycles. The molecule has 0 bridgehead atoms. The lowest BCUT2D eigenvalue weighted by atomic mass is 9.99. The molecule has 1 aliphatic heterocycles. The van der Waals surface area contributed by atoms with Crippen LogP contribution in [0.3, 0.4) is 0 Å². The Bertz CT molecular complexity index is 362. The predicted molar refractivity (Wildman–Crippen MR) is 64.9 cm³/mol. The van der Waals surface area contributed by atoms with Crippen LogP contribution in [-0.4, -0.2) is 35.3 Å². The van der Waals surface area contributed by atoms with E-state index < -0.39 is 0 Å².